The molecule has 30 heavy (non-hydrogen) atoms. The molecule has 3 heterocycles. The van der Waals surface area contributed by atoms with Gasteiger partial charge in [0.2, 0.25) is 11.9 Å². The number of para-hydroxylation sites is 1. The predicted octanol–water partition coefficient (Wildman–Crippen LogP) is 2.58. The van der Waals surface area contributed by atoms with E-state index in [1.807, 2.05) is 48.5 Å². The molecular weight excluding hydrogens is 384 g/mol. The predicted molar refractivity (Wildman–Crippen MR) is 111 cm³/mol. The van der Waals surface area contributed by atoms with Crippen molar-refractivity contribution in [3.63, 3.8) is 0 Å². The van der Waals surface area contributed by atoms with Crippen LogP contribution in [0.2, 0.25) is 0 Å². The van der Waals surface area contributed by atoms with Crippen LogP contribution in [-0.2, 0) is 11.3 Å². The van der Waals surface area contributed by atoms with Crippen LogP contribution in [0, 0.1) is 0 Å². The molecule has 0 bridgehead atoms. The fourth-order valence-electron chi connectivity index (χ4n) is 3.38. The third-order valence-corrected chi connectivity index (χ3v) is 4.81. The van der Waals surface area contributed by atoms with Crippen LogP contribution in [0.15, 0.2) is 48.5 Å². The Morgan fingerprint density at radius 3 is 2.77 bits per heavy atom. The second kappa shape index (κ2) is 7.82. The lowest BCUT2D eigenvalue weighted by Crippen LogP contribution is -2.22. The molecule has 152 valence electrons. The highest BCUT2D eigenvalue weighted by Gasteiger charge is 2.18. The van der Waals surface area contributed by atoms with Gasteiger partial charge in [-0.15, -0.1) is 5.10 Å². The van der Waals surface area contributed by atoms with Gasteiger partial charge in [-0.05, 0) is 42.3 Å². The van der Waals surface area contributed by atoms with Crippen LogP contribution in [-0.4, -0.2) is 49.2 Å². The van der Waals surface area contributed by atoms with Crippen LogP contribution < -0.4 is 15.0 Å². The Morgan fingerprint density at radius 2 is 1.93 bits per heavy atom. The molecule has 1 aliphatic rings. The number of hydrogen-bond donors (Lipinski definition) is 2. The van der Waals surface area contributed by atoms with Crippen LogP contribution in [0.25, 0.3) is 11.0 Å². The standard InChI is InChI=1S/C20H20N8O2/c29-18(13-28-25-20(24-26-28)27-10-4-5-11-27)23-19-21-16-9-8-15(12-17(16)22-19)30-14-6-2-1-3-7-14/h1-3,6-9,12H,4-5,10-11,13H2,(H2,21,22,23,29). The van der Waals surface area contributed by atoms with E-state index in [4.69, 9.17) is 4.74 Å². The monoisotopic (exact) mass is 404 g/mol. The first kappa shape index (κ1) is 18.1. The highest BCUT2D eigenvalue weighted by Crippen LogP contribution is 2.25. The van der Waals surface area contributed by atoms with Gasteiger partial charge in [0.1, 0.15) is 18.0 Å². The summed E-state index contributed by atoms with van der Waals surface area (Å²) >= 11 is 0. The van der Waals surface area contributed by atoms with E-state index in [-0.39, 0.29) is 12.5 Å². The summed E-state index contributed by atoms with van der Waals surface area (Å²) in [4.78, 5) is 23.2. The second-order valence-electron chi connectivity index (χ2n) is 7.04. The zero-order chi connectivity index (χ0) is 20.3. The van der Waals surface area contributed by atoms with E-state index in [0.29, 0.717) is 17.6 Å². The maximum absolute atomic E-state index is 12.4. The van der Waals surface area contributed by atoms with E-state index >= 15 is 0 Å². The summed E-state index contributed by atoms with van der Waals surface area (Å²) in [5.41, 5.74) is 1.48. The summed E-state index contributed by atoms with van der Waals surface area (Å²) in [6.07, 6.45) is 2.25. The number of carbonyl (C=O) groups excluding carboxylic acids is 1. The van der Waals surface area contributed by atoms with E-state index in [2.05, 4.69) is 35.6 Å². The van der Waals surface area contributed by atoms with Gasteiger partial charge in [-0.1, -0.05) is 23.3 Å². The number of fused-ring (bicyclic) bond motifs is 1. The summed E-state index contributed by atoms with van der Waals surface area (Å²) in [5.74, 6) is 2.05. The average Bonchev–Trinajstić information content (AvgIpc) is 3.49. The summed E-state index contributed by atoms with van der Waals surface area (Å²) in [7, 11) is 0. The lowest BCUT2D eigenvalue weighted by atomic mass is 10.3. The SMILES string of the molecule is O=C(Cn1nnc(N2CCCC2)n1)Nc1nc2ccc(Oc3ccccc3)cc2[nH]1. The Bertz CT molecular complexity index is 1160. The van der Waals surface area contributed by atoms with Crippen molar-refractivity contribution in [2.45, 2.75) is 19.4 Å². The summed E-state index contributed by atoms with van der Waals surface area (Å²) in [6, 6.07) is 15.0. The fourth-order valence-corrected chi connectivity index (χ4v) is 3.38. The summed E-state index contributed by atoms with van der Waals surface area (Å²) in [5, 5.41) is 15.0. The molecule has 0 atom stereocenters. The molecule has 1 saturated heterocycles. The zero-order valence-electron chi connectivity index (χ0n) is 16.2. The number of H-pyrrole nitrogens is 1. The number of ether oxygens (including phenoxy) is 1. The number of amides is 1. The maximum atomic E-state index is 12.4. The van der Waals surface area contributed by atoms with Crippen molar-refractivity contribution in [2.75, 3.05) is 23.3 Å². The average molecular weight is 404 g/mol. The third-order valence-electron chi connectivity index (χ3n) is 4.81. The molecule has 2 N–H and O–H groups in total. The molecule has 1 amide bonds. The molecule has 5 rings (SSSR count). The van der Waals surface area contributed by atoms with Crippen molar-refractivity contribution >= 4 is 28.8 Å². The highest BCUT2D eigenvalue weighted by atomic mass is 16.5. The molecule has 4 aromatic rings. The summed E-state index contributed by atoms with van der Waals surface area (Å²) < 4.78 is 5.83. The molecule has 10 nitrogen and oxygen atoms in total. The van der Waals surface area contributed by atoms with Crippen LogP contribution in [0.4, 0.5) is 11.9 Å². The molecule has 0 spiro atoms. The molecule has 0 aliphatic carbocycles. The molecule has 1 aliphatic heterocycles. The fraction of sp³-hybridized carbons (Fsp3) is 0.250. The van der Waals surface area contributed by atoms with Gasteiger partial charge in [0.15, 0.2) is 0 Å². The molecular formula is C20H20N8O2. The van der Waals surface area contributed by atoms with Gasteiger partial charge in [-0.25, -0.2) is 4.98 Å². The van der Waals surface area contributed by atoms with E-state index in [0.717, 1.165) is 42.7 Å². The van der Waals surface area contributed by atoms with Crippen molar-refractivity contribution in [3.05, 3.63) is 48.5 Å². The van der Waals surface area contributed by atoms with Gasteiger partial charge in [0.05, 0.1) is 11.0 Å². The van der Waals surface area contributed by atoms with Gasteiger partial charge in [0, 0.05) is 19.2 Å². The number of aromatic nitrogens is 6. The minimum atomic E-state index is -0.291. The Balaban J connectivity index is 1.24. The van der Waals surface area contributed by atoms with Crippen molar-refractivity contribution in [3.8, 4) is 11.5 Å². The first-order valence-corrected chi connectivity index (χ1v) is 9.78. The highest BCUT2D eigenvalue weighted by molar-refractivity contribution is 5.91. The largest absolute Gasteiger partial charge is 0.457 e. The second-order valence-corrected chi connectivity index (χ2v) is 7.04. The Kier molecular flexibility index (Phi) is 4.72. The molecule has 2 aromatic carbocycles. The Labute approximate surface area is 171 Å². The van der Waals surface area contributed by atoms with Crippen LogP contribution >= 0.6 is 0 Å². The van der Waals surface area contributed by atoms with Crippen LogP contribution in [0.1, 0.15) is 12.8 Å². The number of rotatable bonds is 6. The number of nitrogens with one attached hydrogen (secondary N) is 2. The molecule has 0 radical (unpaired) electrons. The number of benzene rings is 2. The minimum Gasteiger partial charge on any atom is -0.457 e. The number of nitrogens with zero attached hydrogens (tertiary/aromatic N) is 6. The molecule has 10 heteroatoms. The van der Waals surface area contributed by atoms with Gasteiger partial charge in [0.25, 0.3) is 5.95 Å². The van der Waals surface area contributed by atoms with Crippen LogP contribution in [0.3, 0.4) is 0 Å². The van der Waals surface area contributed by atoms with Gasteiger partial charge in [-0.3, -0.25) is 10.1 Å². The van der Waals surface area contributed by atoms with E-state index in [9.17, 15) is 4.79 Å². The van der Waals surface area contributed by atoms with Gasteiger partial charge >= 0.3 is 0 Å². The summed E-state index contributed by atoms with van der Waals surface area (Å²) in [6.45, 7) is 1.81. The smallest absolute Gasteiger partial charge is 0.266 e. The molecule has 0 saturated carbocycles. The van der Waals surface area contributed by atoms with Crippen molar-refractivity contribution in [1.82, 2.24) is 30.2 Å². The Hall–Kier alpha value is -3.95. The molecule has 1 fully saturated rings. The number of aromatic amines is 1. The normalized spacial score (nSPS) is 13.7. The van der Waals surface area contributed by atoms with Gasteiger partial charge in [-0.2, -0.15) is 4.80 Å². The van der Waals surface area contributed by atoms with Crippen molar-refractivity contribution in [1.29, 1.82) is 0 Å². The van der Waals surface area contributed by atoms with Gasteiger partial charge < -0.3 is 14.6 Å². The Morgan fingerprint density at radius 1 is 1.10 bits per heavy atom. The van der Waals surface area contributed by atoms with Crippen LogP contribution in [0.5, 0.6) is 11.5 Å². The minimum absolute atomic E-state index is 0.0414. The van der Waals surface area contributed by atoms with Crippen molar-refractivity contribution in [2.24, 2.45) is 0 Å². The first-order valence-electron chi connectivity index (χ1n) is 9.78. The van der Waals surface area contributed by atoms with E-state index in [1.54, 1.807) is 0 Å². The zero-order valence-corrected chi connectivity index (χ0v) is 16.2. The number of carbonyl (C=O) groups is 1. The quantitative estimate of drug-likeness (QED) is 0.508. The van der Waals surface area contributed by atoms with E-state index in [1.165, 1.54) is 4.80 Å². The lowest BCUT2D eigenvalue weighted by molar-refractivity contribution is -0.117. The number of imidazole rings is 1. The number of hydrogen-bond acceptors (Lipinski definition) is 7. The lowest BCUT2D eigenvalue weighted by Gasteiger charge is -2.09. The number of tetrazole rings is 1. The molecule has 2 aromatic heterocycles. The third kappa shape index (κ3) is 3.93. The number of anilines is 2. The molecule has 0 unspecified atom stereocenters. The topological polar surface area (TPSA) is 114 Å². The first-order chi connectivity index (χ1) is 14.7. The maximum Gasteiger partial charge on any atom is 0.266 e. The van der Waals surface area contributed by atoms with Crippen molar-refractivity contribution < 1.29 is 9.53 Å². The van der Waals surface area contributed by atoms with E-state index < -0.39 is 0 Å².